The summed E-state index contributed by atoms with van der Waals surface area (Å²) in [5.74, 6) is 0. The molecule has 108 valence electrons. The highest BCUT2D eigenvalue weighted by Gasteiger charge is 2.15. The number of sulfonamides is 1. The Labute approximate surface area is 122 Å². The summed E-state index contributed by atoms with van der Waals surface area (Å²) >= 11 is 1.48. The van der Waals surface area contributed by atoms with Gasteiger partial charge >= 0.3 is 0 Å². The molecule has 0 fully saturated rings. The maximum absolute atomic E-state index is 12.2. The minimum Gasteiger partial charge on any atom is -0.392 e. The van der Waals surface area contributed by atoms with Crippen LogP contribution in [-0.4, -0.2) is 18.5 Å². The zero-order chi connectivity index (χ0) is 14.8. The van der Waals surface area contributed by atoms with E-state index in [2.05, 4.69) is 9.71 Å². The van der Waals surface area contributed by atoms with Crippen LogP contribution in [-0.2, 0) is 23.2 Å². The lowest BCUT2D eigenvalue weighted by molar-refractivity contribution is 0.280. The van der Waals surface area contributed by atoms with Gasteiger partial charge in [0.05, 0.1) is 28.7 Å². The molecule has 5 nitrogen and oxygen atoms in total. The average molecular weight is 312 g/mol. The van der Waals surface area contributed by atoms with Crippen LogP contribution in [0, 0.1) is 13.8 Å². The van der Waals surface area contributed by atoms with Gasteiger partial charge in [0.2, 0.25) is 10.0 Å². The first-order valence-electron chi connectivity index (χ1n) is 6.03. The third kappa shape index (κ3) is 3.43. The Morgan fingerprint density at radius 2 is 2.10 bits per heavy atom. The smallest absolute Gasteiger partial charge is 0.240 e. The number of rotatable bonds is 5. The van der Waals surface area contributed by atoms with Crippen LogP contribution in [0.5, 0.6) is 0 Å². The molecule has 0 amide bonds. The maximum Gasteiger partial charge on any atom is 0.240 e. The molecule has 1 heterocycles. The van der Waals surface area contributed by atoms with Crippen molar-refractivity contribution in [2.24, 2.45) is 0 Å². The molecule has 0 saturated heterocycles. The normalized spacial score (nSPS) is 11.8. The van der Waals surface area contributed by atoms with Crippen LogP contribution >= 0.6 is 11.3 Å². The molecule has 0 bridgehead atoms. The zero-order valence-electron chi connectivity index (χ0n) is 11.3. The van der Waals surface area contributed by atoms with E-state index in [1.165, 1.54) is 23.5 Å². The lowest BCUT2D eigenvalue weighted by Gasteiger charge is -2.08. The molecule has 7 heteroatoms. The third-order valence-electron chi connectivity index (χ3n) is 2.91. The van der Waals surface area contributed by atoms with Crippen molar-refractivity contribution < 1.29 is 13.5 Å². The number of aliphatic hydroxyl groups excluding tert-OH is 1. The first-order chi connectivity index (χ1) is 9.42. The molecule has 2 rings (SSSR count). The molecule has 0 atom stereocenters. The minimum absolute atomic E-state index is 0.152. The SMILES string of the molecule is Cc1nc(CNS(=O)(=O)c2ccc(C)c(CO)c2)cs1. The highest BCUT2D eigenvalue weighted by Crippen LogP contribution is 2.16. The molecular formula is C13H16N2O3S2. The number of benzene rings is 1. The van der Waals surface area contributed by atoms with Crippen LogP contribution in [0.25, 0.3) is 0 Å². The second kappa shape index (κ2) is 6.01. The second-order valence-electron chi connectivity index (χ2n) is 4.43. The van der Waals surface area contributed by atoms with Crippen molar-refractivity contribution in [3.8, 4) is 0 Å². The van der Waals surface area contributed by atoms with Gasteiger partial charge in [0.1, 0.15) is 0 Å². The zero-order valence-corrected chi connectivity index (χ0v) is 12.9. The molecule has 0 aliphatic rings. The Morgan fingerprint density at radius 3 is 2.70 bits per heavy atom. The van der Waals surface area contributed by atoms with Crippen LogP contribution in [0.1, 0.15) is 21.8 Å². The number of hydrogen-bond acceptors (Lipinski definition) is 5. The predicted octanol–water partition coefficient (Wildman–Crippen LogP) is 1.73. The Balaban J connectivity index is 2.17. The minimum atomic E-state index is -3.60. The van der Waals surface area contributed by atoms with Gasteiger partial charge in [0.15, 0.2) is 0 Å². The van der Waals surface area contributed by atoms with Gasteiger partial charge in [0, 0.05) is 5.38 Å². The number of aromatic nitrogens is 1. The molecule has 1 aromatic heterocycles. The van der Waals surface area contributed by atoms with Gasteiger partial charge in [-0.15, -0.1) is 11.3 Å². The summed E-state index contributed by atoms with van der Waals surface area (Å²) in [6, 6.07) is 4.71. The first-order valence-corrected chi connectivity index (χ1v) is 8.40. The summed E-state index contributed by atoms with van der Waals surface area (Å²) in [6.07, 6.45) is 0. The number of aryl methyl sites for hydroxylation is 2. The van der Waals surface area contributed by atoms with Crippen LogP contribution in [0.15, 0.2) is 28.5 Å². The van der Waals surface area contributed by atoms with Gasteiger partial charge in [0.25, 0.3) is 0 Å². The Kier molecular flexibility index (Phi) is 4.54. The first kappa shape index (κ1) is 15.1. The van der Waals surface area contributed by atoms with Gasteiger partial charge in [-0.2, -0.15) is 0 Å². The molecule has 0 saturated carbocycles. The highest BCUT2D eigenvalue weighted by molar-refractivity contribution is 7.89. The van der Waals surface area contributed by atoms with E-state index in [9.17, 15) is 13.5 Å². The molecule has 20 heavy (non-hydrogen) atoms. The fraction of sp³-hybridized carbons (Fsp3) is 0.308. The fourth-order valence-corrected chi connectivity index (χ4v) is 3.39. The van der Waals surface area contributed by atoms with Crippen molar-refractivity contribution in [3.05, 3.63) is 45.4 Å². The van der Waals surface area contributed by atoms with Gasteiger partial charge in [-0.25, -0.2) is 18.1 Å². The summed E-state index contributed by atoms with van der Waals surface area (Å²) in [4.78, 5) is 4.36. The molecular weight excluding hydrogens is 296 g/mol. The van der Waals surface area contributed by atoms with Crippen molar-refractivity contribution in [1.29, 1.82) is 0 Å². The Hall–Kier alpha value is -1.28. The van der Waals surface area contributed by atoms with E-state index in [0.717, 1.165) is 10.6 Å². The van der Waals surface area contributed by atoms with E-state index >= 15 is 0 Å². The summed E-state index contributed by atoms with van der Waals surface area (Å²) in [5, 5.41) is 11.9. The number of hydrogen-bond donors (Lipinski definition) is 2. The van der Waals surface area contributed by atoms with E-state index < -0.39 is 10.0 Å². The molecule has 0 radical (unpaired) electrons. The number of thiazole rings is 1. The van der Waals surface area contributed by atoms with E-state index in [4.69, 9.17) is 0 Å². The van der Waals surface area contributed by atoms with Crippen LogP contribution in [0.3, 0.4) is 0 Å². The van der Waals surface area contributed by atoms with Gasteiger partial charge in [-0.3, -0.25) is 0 Å². The van der Waals surface area contributed by atoms with Crippen LogP contribution in [0.4, 0.5) is 0 Å². The molecule has 2 aromatic rings. The average Bonchev–Trinajstić information content (AvgIpc) is 2.83. The summed E-state index contributed by atoms with van der Waals surface area (Å²) < 4.78 is 26.9. The molecule has 2 N–H and O–H groups in total. The fourth-order valence-electron chi connectivity index (χ4n) is 1.73. The van der Waals surface area contributed by atoms with Crippen LogP contribution in [0.2, 0.25) is 0 Å². The highest BCUT2D eigenvalue weighted by atomic mass is 32.2. The third-order valence-corrected chi connectivity index (χ3v) is 5.13. The number of nitrogens with zero attached hydrogens (tertiary/aromatic N) is 1. The topological polar surface area (TPSA) is 79.3 Å². The summed E-state index contributed by atoms with van der Waals surface area (Å²) in [6.45, 7) is 3.68. The summed E-state index contributed by atoms with van der Waals surface area (Å²) in [7, 11) is -3.60. The molecule has 1 aromatic carbocycles. The maximum atomic E-state index is 12.2. The monoisotopic (exact) mass is 312 g/mol. The van der Waals surface area contributed by atoms with Crippen LogP contribution < -0.4 is 4.72 Å². The van der Waals surface area contributed by atoms with Gasteiger partial charge in [-0.05, 0) is 37.1 Å². The van der Waals surface area contributed by atoms with E-state index in [1.54, 1.807) is 6.07 Å². The lowest BCUT2D eigenvalue weighted by Crippen LogP contribution is -2.23. The van der Waals surface area contributed by atoms with E-state index in [1.807, 2.05) is 19.2 Å². The van der Waals surface area contributed by atoms with Crippen molar-refractivity contribution in [2.45, 2.75) is 31.9 Å². The summed E-state index contributed by atoms with van der Waals surface area (Å²) in [5.41, 5.74) is 2.17. The Morgan fingerprint density at radius 1 is 1.35 bits per heavy atom. The molecule has 0 aliphatic heterocycles. The predicted molar refractivity (Wildman–Crippen MR) is 78.0 cm³/mol. The Bertz CT molecular complexity index is 708. The van der Waals surface area contributed by atoms with Gasteiger partial charge < -0.3 is 5.11 Å². The van der Waals surface area contributed by atoms with Gasteiger partial charge in [-0.1, -0.05) is 6.07 Å². The van der Waals surface area contributed by atoms with Crippen molar-refractivity contribution in [2.75, 3.05) is 0 Å². The number of aliphatic hydroxyl groups is 1. The van der Waals surface area contributed by atoms with E-state index in [0.29, 0.717) is 11.3 Å². The molecule has 0 unspecified atom stereocenters. The molecule has 0 aliphatic carbocycles. The quantitative estimate of drug-likeness (QED) is 0.881. The van der Waals surface area contributed by atoms with Crippen molar-refractivity contribution >= 4 is 21.4 Å². The van der Waals surface area contributed by atoms with Crippen molar-refractivity contribution in [3.63, 3.8) is 0 Å². The largest absolute Gasteiger partial charge is 0.392 e. The standard InChI is InChI=1S/C13H16N2O3S2/c1-9-3-4-13(5-11(9)7-16)20(17,18)14-6-12-8-19-10(2)15-12/h3-5,8,14,16H,6-7H2,1-2H3. The second-order valence-corrected chi connectivity index (χ2v) is 7.26. The number of nitrogens with one attached hydrogen (secondary N) is 1. The van der Waals surface area contributed by atoms with Crippen molar-refractivity contribution in [1.82, 2.24) is 9.71 Å². The molecule has 0 spiro atoms. The van der Waals surface area contributed by atoms with E-state index in [-0.39, 0.29) is 18.0 Å². The lowest BCUT2D eigenvalue weighted by atomic mass is 10.1.